The number of benzene rings is 1. The van der Waals surface area contributed by atoms with Crippen molar-refractivity contribution in [1.29, 1.82) is 0 Å². The first kappa shape index (κ1) is 8.86. The number of aromatic nitrogens is 2. The van der Waals surface area contributed by atoms with Crippen LogP contribution < -0.4 is 0 Å². The summed E-state index contributed by atoms with van der Waals surface area (Å²) in [4.78, 5) is 0. The van der Waals surface area contributed by atoms with Gasteiger partial charge in [0.2, 0.25) is 0 Å². The summed E-state index contributed by atoms with van der Waals surface area (Å²) in [5.74, 6) is 0. The van der Waals surface area contributed by atoms with Crippen LogP contribution in [0.4, 0.5) is 0 Å². The van der Waals surface area contributed by atoms with Crippen LogP contribution in [0.2, 0.25) is 5.02 Å². The molecule has 0 N–H and O–H groups in total. The van der Waals surface area contributed by atoms with Crippen LogP contribution in [-0.4, -0.2) is 10.2 Å². The average molecular weight is 217 g/mol. The van der Waals surface area contributed by atoms with Crippen LogP contribution in [0.15, 0.2) is 30.5 Å². The monoisotopic (exact) mass is 216 g/mol. The maximum Gasteiger partial charge on any atom is 0.0979 e. The van der Waals surface area contributed by atoms with Gasteiger partial charge in [-0.3, -0.25) is 0 Å². The highest BCUT2D eigenvalue weighted by atomic mass is 35.5. The Morgan fingerprint density at radius 2 is 2.00 bits per heavy atom. The second-order valence-electron chi connectivity index (χ2n) is 3.68. The molecule has 0 aliphatic heterocycles. The molecule has 0 fully saturated rings. The molecule has 0 saturated heterocycles. The summed E-state index contributed by atoms with van der Waals surface area (Å²) in [7, 11) is 0. The summed E-state index contributed by atoms with van der Waals surface area (Å²) in [5, 5.41) is 8.83. The Morgan fingerprint density at radius 1 is 1.13 bits per heavy atom. The van der Waals surface area contributed by atoms with Gasteiger partial charge in [-0.15, -0.1) is 0 Å². The molecule has 2 aromatic rings. The number of hydrogen-bond donors (Lipinski definition) is 0. The van der Waals surface area contributed by atoms with E-state index in [-0.39, 0.29) is 0 Å². The summed E-state index contributed by atoms with van der Waals surface area (Å²) in [6.45, 7) is 0. The summed E-state index contributed by atoms with van der Waals surface area (Å²) >= 11 is 6.11. The van der Waals surface area contributed by atoms with Gasteiger partial charge in [-0.1, -0.05) is 35.9 Å². The third-order valence-electron chi connectivity index (χ3n) is 2.82. The van der Waals surface area contributed by atoms with E-state index in [1.54, 1.807) is 6.20 Å². The molecule has 0 spiro atoms. The molecule has 3 heteroatoms. The minimum Gasteiger partial charge on any atom is -0.157 e. The van der Waals surface area contributed by atoms with Gasteiger partial charge in [0.15, 0.2) is 0 Å². The van der Waals surface area contributed by atoms with Gasteiger partial charge in [0.1, 0.15) is 0 Å². The van der Waals surface area contributed by atoms with Gasteiger partial charge in [0, 0.05) is 11.1 Å². The van der Waals surface area contributed by atoms with E-state index in [1.165, 1.54) is 11.1 Å². The number of hydrogen-bond acceptors (Lipinski definition) is 2. The molecule has 2 nitrogen and oxygen atoms in total. The SMILES string of the molecule is Clc1cnnc2c1CCc1ccccc1-2. The third kappa shape index (κ3) is 1.33. The molecule has 0 amide bonds. The fraction of sp³-hybridized carbons (Fsp3) is 0.167. The zero-order valence-electron chi connectivity index (χ0n) is 8.07. The molecule has 0 saturated carbocycles. The lowest BCUT2D eigenvalue weighted by atomic mass is 9.90. The minimum atomic E-state index is 0.731. The minimum absolute atomic E-state index is 0.731. The molecule has 1 heterocycles. The van der Waals surface area contributed by atoms with E-state index < -0.39 is 0 Å². The summed E-state index contributed by atoms with van der Waals surface area (Å²) in [5.41, 5.74) is 4.59. The topological polar surface area (TPSA) is 25.8 Å². The average Bonchev–Trinajstić information content (AvgIpc) is 2.29. The third-order valence-corrected chi connectivity index (χ3v) is 3.15. The summed E-state index contributed by atoms with van der Waals surface area (Å²) in [6, 6.07) is 8.30. The highest BCUT2D eigenvalue weighted by molar-refractivity contribution is 6.31. The van der Waals surface area contributed by atoms with Gasteiger partial charge < -0.3 is 0 Å². The Morgan fingerprint density at radius 3 is 2.93 bits per heavy atom. The summed E-state index contributed by atoms with van der Waals surface area (Å²) < 4.78 is 0. The van der Waals surface area contributed by atoms with Gasteiger partial charge in [0.05, 0.1) is 16.9 Å². The van der Waals surface area contributed by atoms with Crippen molar-refractivity contribution >= 4 is 11.6 Å². The Balaban J connectivity index is 2.30. The Kier molecular flexibility index (Phi) is 1.96. The van der Waals surface area contributed by atoms with E-state index in [0.717, 1.165) is 29.1 Å². The van der Waals surface area contributed by atoms with E-state index in [1.807, 2.05) is 6.07 Å². The predicted octanol–water partition coefficient (Wildman–Crippen LogP) is 2.90. The van der Waals surface area contributed by atoms with Crippen LogP contribution in [0.25, 0.3) is 11.3 Å². The molecule has 1 aromatic heterocycles. The number of rotatable bonds is 0. The normalized spacial score (nSPS) is 13.1. The van der Waals surface area contributed by atoms with Gasteiger partial charge in [-0.2, -0.15) is 10.2 Å². The van der Waals surface area contributed by atoms with Gasteiger partial charge in [-0.05, 0) is 18.4 Å². The number of halogens is 1. The Bertz CT molecular complexity index is 523. The van der Waals surface area contributed by atoms with Crippen LogP contribution in [0.5, 0.6) is 0 Å². The molecule has 0 atom stereocenters. The van der Waals surface area contributed by atoms with Crippen LogP contribution in [0.3, 0.4) is 0 Å². The van der Waals surface area contributed by atoms with Crippen LogP contribution in [-0.2, 0) is 12.8 Å². The van der Waals surface area contributed by atoms with Crippen molar-refractivity contribution in [2.24, 2.45) is 0 Å². The lowest BCUT2D eigenvalue weighted by Gasteiger charge is -2.18. The zero-order valence-corrected chi connectivity index (χ0v) is 8.83. The quantitative estimate of drug-likeness (QED) is 0.677. The molecule has 1 aliphatic carbocycles. The predicted molar refractivity (Wildman–Crippen MR) is 59.9 cm³/mol. The highest BCUT2D eigenvalue weighted by Gasteiger charge is 2.19. The zero-order chi connectivity index (χ0) is 10.3. The smallest absolute Gasteiger partial charge is 0.0979 e. The molecule has 1 aromatic carbocycles. The van der Waals surface area contributed by atoms with Crippen molar-refractivity contribution in [2.45, 2.75) is 12.8 Å². The number of fused-ring (bicyclic) bond motifs is 3. The van der Waals surface area contributed by atoms with E-state index in [9.17, 15) is 0 Å². The molecule has 1 aliphatic rings. The maximum absolute atomic E-state index is 6.11. The first-order valence-electron chi connectivity index (χ1n) is 4.94. The molecule has 3 rings (SSSR count). The van der Waals surface area contributed by atoms with E-state index in [4.69, 9.17) is 11.6 Å². The maximum atomic E-state index is 6.11. The van der Waals surface area contributed by atoms with Crippen molar-refractivity contribution in [1.82, 2.24) is 10.2 Å². The standard InChI is InChI=1S/C12H9ClN2/c13-11-7-14-15-12-9-4-2-1-3-8(9)5-6-10(11)12/h1-4,7H,5-6H2. The Hall–Kier alpha value is -1.41. The van der Waals surface area contributed by atoms with E-state index >= 15 is 0 Å². The second kappa shape index (κ2) is 3.31. The van der Waals surface area contributed by atoms with Gasteiger partial charge >= 0.3 is 0 Å². The van der Waals surface area contributed by atoms with Crippen molar-refractivity contribution in [3.63, 3.8) is 0 Å². The molecule has 74 valence electrons. The van der Waals surface area contributed by atoms with Crippen LogP contribution in [0, 0.1) is 0 Å². The first-order valence-corrected chi connectivity index (χ1v) is 5.32. The van der Waals surface area contributed by atoms with Crippen LogP contribution >= 0.6 is 11.6 Å². The molecule has 0 unspecified atom stereocenters. The molecule has 0 radical (unpaired) electrons. The van der Waals surface area contributed by atoms with Crippen molar-refractivity contribution in [2.75, 3.05) is 0 Å². The first-order chi connectivity index (χ1) is 7.36. The fourth-order valence-corrected chi connectivity index (χ4v) is 2.30. The van der Waals surface area contributed by atoms with E-state index in [0.29, 0.717) is 0 Å². The lowest BCUT2D eigenvalue weighted by Crippen LogP contribution is -2.07. The molecular formula is C12H9ClN2. The number of nitrogens with zero attached hydrogens (tertiary/aromatic N) is 2. The Labute approximate surface area is 92.9 Å². The highest BCUT2D eigenvalue weighted by Crippen LogP contribution is 2.34. The largest absolute Gasteiger partial charge is 0.157 e. The molecule has 15 heavy (non-hydrogen) atoms. The lowest BCUT2D eigenvalue weighted by molar-refractivity contribution is 0.896. The molecule has 0 bridgehead atoms. The van der Waals surface area contributed by atoms with Crippen molar-refractivity contribution in [3.05, 3.63) is 46.6 Å². The van der Waals surface area contributed by atoms with E-state index in [2.05, 4.69) is 28.4 Å². The van der Waals surface area contributed by atoms with Gasteiger partial charge in [0.25, 0.3) is 0 Å². The molecular weight excluding hydrogens is 208 g/mol. The number of aryl methyl sites for hydroxylation is 1. The van der Waals surface area contributed by atoms with Crippen molar-refractivity contribution < 1.29 is 0 Å². The second-order valence-corrected chi connectivity index (χ2v) is 4.08. The van der Waals surface area contributed by atoms with Crippen molar-refractivity contribution in [3.8, 4) is 11.3 Å². The fourth-order valence-electron chi connectivity index (χ4n) is 2.07. The summed E-state index contributed by atoms with van der Waals surface area (Å²) in [6.07, 6.45) is 3.61. The van der Waals surface area contributed by atoms with Crippen LogP contribution in [0.1, 0.15) is 11.1 Å². The van der Waals surface area contributed by atoms with Gasteiger partial charge in [-0.25, -0.2) is 0 Å².